The summed E-state index contributed by atoms with van der Waals surface area (Å²) in [5.74, 6) is 0.609. The molecule has 0 atom stereocenters. The van der Waals surface area contributed by atoms with Gasteiger partial charge in [0.1, 0.15) is 17.3 Å². The predicted molar refractivity (Wildman–Crippen MR) is 185 cm³/mol. The van der Waals surface area contributed by atoms with E-state index in [1.54, 1.807) is 71.3 Å². The molecule has 0 aliphatic rings. The number of nitro benzene ring substituents is 1. The van der Waals surface area contributed by atoms with E-state index in [1.807, 2.05) is 30.3 Å². The van der Waals surface area contributed by atoms with Gasteiger partial charge in [0.15, 0.2) is 0 Å². The Morgan fingerprint density at radius 3 is 1.98 bits per heavy atom. The van der Waals surface area contributed by atoms with E-state index in [-0.39, 0.29) is 34.7 Å². The summed E-state index contributed by atoms with van der Waals surface area (Å²) in [5.41, 5.74) is 1.88. The van der Waals surface area contributed by atoms with E-state index >= 15 is 0 Å². The van der Waals surface area contributed by atoms with Gasteiger partial charge in [-0.25, -0.2) is 9.97 Å². The largest absolute Gasteiger partial charge is 0.293 e. The molecule has 0 unspecified atom stereocenters. The van der Waals surface area contributed by atoms with Gasteiger partial charge in [-0.05, 0) is 66.6 Å². The molecule has 5 aromatic carbocycles. The van der Waals surface area contributed by atoms with Gasteiger partial charge in [0.2, 0.25) is 0 Å². The van der Waals surface area contributed by atoms with Crippen LogP contribution < -0.4 is 11.1 Å². The number of halogens is 2. The van der Waals surface area contributed by atoms with E-state index in [0.29, 0.717) is 49.8 Å². The Hall–Kier alpha value is -5.64. The van der Waals surface area contributed by atoms with E-state index in [4.69, 9.17) is 33.2 Å². The monoisotopic (exact) mass is 659 g/mol. The SMILES string of the molecule is O=c1c2ccccc2nc(-c2ccccc2Cl)n1CCc1ccc2nc(-c3ccccc3Cl)n(-c3ccccc3[N+](=O)[O-])c(=O)c2c1. The Balaban J connectivity index is 1.37. The third-order valence-electron chi connectivity index (χ3n) is 7.97. The maximum Gasteiger partial charge on any atom is 0.293 e. The molecule has 7 rings (SSSR count). The smallest absolute Gasteiger partial charge is 0.292 e. The van der Waals surface area contributed by atoms with Crippen LogP contribution in [0.25, 0.3) is 50.3 Å². The van der Waals surface area contributed by atoms with Crippen molar-refractivity contribution in [1.82, 2.24) is 19.1 Å². The third-order valence-corrected chi connectivity index (χ3v) is 8.63. The number of hydrogen-bond acceptors (Lipinski definition) is 6. The molecular formula is C36H23Cl2N5O4. The maximum atomic E-state index is 14.3. The van der Waals surface area contributed by atoms with Gasteiger partial charge in [0.05, 0.1) is 36.8 Å². The second kappa shape index (κ2) is 12.3. The third kappa shape index (κ3) is 5.45. The van der Waals surface area contributed by atoms with Crippen LogP contribution in [0.5, 0.6) is 0 Å². The minimum Gasteiger partial charge on any atom is -0.292 e. The Bertz CT molecular complexity index is 2490. The van der Waals surface area contributed by atoms with Crippen LogP contribution in [0.4, 0.5) is 5.69 Å². The van der Waals surface area contributed by atoms with Crippen LogP contribution in [0.15, 0.2) is 125 Å². The van der Waals surface area contributed by atoms with Gasteiger partial charge in [0, 0.05) is 23.7 Å². The summed E-state index contributed by atoms with van der Waals surface area (Å²) >= 11 is 13.1. The highest BCUT2D eigenvalue weighted by atomic mass is 35.5. The average Bonchev–Trinajstić information content (AvgIpc) is 3.08. The Morgan fingerprint density at radius 1 is 0.660 bits per heavy atom. The molecule has 0 saturated carbocycles. The molecule has 0 fully saturated rings. The number of nitro groups is 1. The Kier molecular flexibility index (Phi) is 7.85. The first-order valence-electron chi connectivity index (χ1n) is 14.6. The quantitative estimate of drug-likeness (QED) is 0.127. The lowest BCUT2D eigenvalue weighted by Gasteiger charge is -2.16. The number of aromatic nitrogens is 4. The summed E-state index contributed by atoms with van der Waals surface area (Å²) in [6.07, 6.45) is 0.366. The first-order valence-corrected chi connectivity index (χ1v) is 15.4. The number of para-hydroxylation sites is 3. The lowest BCUT2D eigenvalue weighted by Crippen LogP contribution is -2.25. The van der Waals surface area contributed by atoms with Crippen molar-refractivity contribution in [2.45, 2.75) is 13.0 Å². The van der Waals surface area contributed by atoms with Crippen molar-refractivity contribution in [3.63, 3.8) is 0 Å². The minimum absolute atomic E-state index is 0.0652. The van der Waals surface area contributed by atoms with Crippen LogP contribution in [-0.4, -0.2) is 24.0 Å². The maximum absolute atomic E-state index is 14.3. The molecule has 0 saturated heterocycles. The summed E-state index contributed by atoms with van der Waals surface area (Å²) in [6.45, 7) is 0.242. The number of nitrogens with zero attached hydrogens (tertiary/aromatic N) is 5. The zero-order valence-electron chi connectivity index (χ0n) is 24.5. The fourth-order valence-corrected chi connectivity index (χ4v) is 6.15. The van der Waals surface area contributed by atoms with E-state index < -0.39 is 10.5 Å². The van der Waals surface area contributed by atoms with Crippen LogP contribution in [0.3, 0.4) is 0 Å². The minimum atomic E-state index is -0.537. The van der Waals surface area contributed by atoms with Crippen molar-refractivity contribution in [3.8, 4) is 28.5 Å². The molecule has 2 aromatic heterocycles. The molecule has 0 aliphatic carbocycles. The summed E-state index contributed by atoms with van der Waals surface area (Å²) in [5, 5.41) is 13.6. The molecule has 0 radical (unpaired) electrons. The number of hydrogen-bond donors (Lipinski definition) is 0. The van der Waals surface area contributed by atoms with E-state index in [1.165, 1.54) is 22.8 Å². The molecule has 0 bridgehead atoms. The molecule has 11 heteroatoms. The van der Waals surface area contributed by atoms with E-state index in [2.05, 4.69) is 0 Å². The van der Waals surface area contributed by atoms with Gasteiger partial charge >= 0.3 is 0 Å². The lowest BCUT2D eigenvalue weighted by molar-refractivity contribution is -0.384. The molecular weight excluding hydrogens is 637 g/mol. The summed E-state index contributed by atoms with van der Waals surface area (Å²) in [7, 11) is 0. The second-order valence-electron chi connectivity index (χ2n) is 10.8. The summed E-state index contributed by atoms with van der Waals surface area (Å²) < 4.78 is 2.83. The molecule has 7 aromatic rings. The zero-order valence-corrected chi connectivity index (χ0v) is 26.0. The Morgan fingerprint density at radius 2 is 1.26 bits per heavy atom. The van der Waals surface area contributed by atoms with Crippen molar-refractivity contribution in [2.75, 3.05) is 0 Å². The Labute approximate surface area is 277 Å². The topological polar surface area (TPSA) is 113 Å². The first-order chi connectivity index (χ1) is 22.8. The van der Waals surface area contributed by atoms with Gasteiger partial charge in [-0.3, -0.25) is 28.8 Å². The molecule has 0 amide bonds. The molecule has 0 spiro atoms. The van der Waals surface area contributed by atoms with Gasteiger partial charge in [0.25, 0.3) is 16.8 Å². The van der Waals surface area contributed by atoms with E-state index in [9.17, 15) is 19.7 Å². The molecule has 0 aliphatic heterocycles. The van der Waals surface area contributed by atoms with Crippen LogP contribution in [0.1, 0.15) is 5.56 Å². The molecule has 2 heterocycles. The summed E-state index contributed by atoms with van der Waals surface area (Å²) in [4.78, 5) is 49.1. The number of fused-ring (bicyclic) bond motifs is 2. The predicted octanol–water partition coefficient (Wildman–Crippen LogP) is 7.89. The van der Waals surface area contributed by atoms with Crippen LogP contribution in [0, 0.1) is 10.1 Å². The molecule has 230 valence electrons. The van der Waals surface area contributed by atoms with Crippen LogP contribution >= 0.6 is 23.2 Å². The number of rotatable bonds is 7. The lowest BCUT2D eigenvalue weighted by atomic mass is 10.1. The van der Waals surface area contributed by atoms with E-state index in [0.717, 1.165) is 5.56 Å². The normalized spacial score (nSPS) is 11.3. The van der Waals surface area contributed by atoms with Crippen molar-refractivity contribution in [1.29, 1.82) is 0 Å². The fraction of sp³-hybridized carbons (Fsp3) is 0.0556. The second-order valence-corrected chi connectivity index (χ2v) is 11.6. The highest BCUT2D eigenvalue weighted by Crippen LogP contribution is 2.32. The van der Waals surface area contributed by atoms with Gasteiger partial charge in [-0.15, -0.1) is 0 Å². The number of aryl methyl sites for hydroxylation is 1. The van der Waals surface area contributed by atoms with Crippen LogP contribution in [-0.2, 0) is 13.0 Å². The van der Waals surface area contributed by atoms with Crippen molar-refractivity contribution in [2.24, 2.45) is 0 Å². The van der Waals surface area contributed by atoms with Gasteiger partial charge in [-0.1, -0.05) is 77.8 Å². The number of benzene rings is 5. The molecule has 47 heavy (non-hydrogen) atoms. The molecule has 0 N–H and O–H groups in total. The van der Waals surface area contributed by atoms with Crippen LogP contribution in [0.2, 0.25) is 10.0 Å². The first kappa shape index (κ1) is 30.0. The van der Waals surface area contributed by atoms with Gasteiger partial charge < -0.3 is 0 Å². The van der Waals surface area contributed by atoms with Crippen molar-refractivity contribution in [3.05, 3.63) is 162 Å². The summed E-state index contributed by atoms with van der Waals surface area (Å²) in [6, 6.07) is 32.5. The highest BCUT2D eigenvalue weighted by Gasteiger charge is 2.23. The fourth-order valence-electron chi connectivity index (χ4n) is 5.71. The molecule has 9 nitrogen and oxygen atoms in total. The van der Waals surface area contributed by atoms with Crippen molar-refractivity contribution < 1.29 is 4.92 Å². The standard InChI is InChI=1S/C36H23Cl2N5O4/c37-27-12-4-1-9-23(27)33-39-29-14-6-3-11-25(29)35(44)41(33)20-19-22-17-18-30-26(21-22)36(45)42(31-15-7-8-16-32(31)43(46)47)34(40-30)24-10-2-5-13-28(24)38/h1-18,21H,19-20H2. The average molecular weight is 661 g/mol. The highest BCUT2D eigenvalue weighted by molar-refractivity contribution is 6.33. The van der Waals surface area contributed by atoms with Gasteiger partial charge in [-0.2, -0.15) is 0 Å². The van der Waals surface area contributed by atoms with Crippen molar-refractivity contribution >= 4 is 50.7 Å². The zero-order chi connectivity index (χ0) is 32.7.